The van der Waals surface area contributed by atoms with E-state index in [1.165, 1.54) is 12.0 Å². The molecule has 0 saturated carbocycles. The molecule has 0 spiro atoms. The maximum Gasteiger partial charge on any atom is 0.254 e. The highest BCUT2D eigenvalue weighted by Gasteiger charge is 2.38. The number of nitrogens with zero attached hydrogens (tertiary/aromatic N) is 2. The number of carbonyl (C=O) groups is 2. The number of rotatable bonds is 7. The number of hydrogen-bond acceptors (Lipinski definition) is 5. The molecular formula is C27H25Cl2N3O4. The molecule has 36 heavy (non-hydrogen) atoms. The van der Waals surface area contributed by atoms with E-state index in [-0.39, 0.29) is 31.3 Å². The number of carbonyl (C=O) groups excluding carboxylic acids is 2. The monoisotopic (exact) mass is 525 g/mol. The van der Waals surface area contributed by atoms with Crippen LogP contribution in [0.25, 0.3) is 11.1 Å². The van der Waals surface area contributed by atoms with Crippen LogP contribution < -0.4 is 5.32 Å². The summed E-state index contributed by atoms with van der Waals surface area (Å²) in [7, 11) is 1.42. The number of likely N-dealkylation sites (tertiary alicyclic amines) is 1. The largest absolute Gasteiger partial charge is 0.399 e. The van der Waals surface area contributed by atoms with Gasteiger partial charge in [0.05, 0.1) is 28.4 Å². The molecule has 4 rings (SSSR count). The third-order valence-corrected chi connectivity index (χ3v) is 6.72. The lowest BCUT2D eigenvalue weighted by Crippen LogP contribution is -2.46. The SMILES string of the molecule is CO/N=C1/C[C@@H](C(=O)NCC(O)c2ccccc2)N(C(=O)c2ccc(-c3ccc(Cl)c(Cl)c3)cc2)C1. The fraction of sp³-hybridized carbons (Fsp3) is 0.222. The average molecular weight is 526 g/mol. The first kappa shape index (κ1) is 25.7. The second kappa shape index (κ2) is 11.6. The normalized spacial score (nSPS) is 17.2. The number of benzene rings is 3. The minimum Gasteiger partial charge on any atom is -0.399 e. The number of oxime groups is 1. The molecule has 1 aliphatic heterocycles. The molecule has 7 nitrogen and oxygen atoms in total. The molecule has 2 N–H and O–H groups in total. The maximum atomic E-state index is 13.4. The number of nitrogens with one attached hydrogen (secondary N) is 1. The third kappa shape index (κ3) is 5.87. The van der Waals surface area contributed by atoms with Crippen LogP contribution in [0.3, 0.4) is 0 Å². The van der Waals surface area contributed by atoms with E-state index >= 15 is 0 Å². The number of aliphatic hydroxyl groups is 1. The van der Waals surface area contributed by atoms with E-state index in [1.54, 1.807) is 36.4 Å². The highest BCUT2D eigenvalue weighted by atomic mass is 35.5. The van der Waals surface area contributed by atoms with Crippen LogP contribution in [0.5, 0.6) is 0 Å². The number of amides is 2. The summed E-state index contributed by atoms with van der Waals surface area (Å²) in [6, 6.07) is 20.7. The molecule has 2 amide bonds. The molecule has 0 aromatic heterocycles. The summed E-state index contributed by atoms with van der Waals surface area (Å²) in [5.41, 5.74) is 3.45. The van der Waals surface area contributed by atoms with Gasteiger partial charge in [-0.25, -0.2) is 0 Å². The fourth-order valence-corrected chi connectivity index (χ4v) is 4.40. The van der Waals surface area contributed by atoms with Crippen LogP contribution in [0.1, 0.15) is 28.4 Å². The van der Waals surface area contributed by atoms with Gasteiger partial charge in [-0.15, -0.1) is 0 Å². The molecule has 9 heteroatoms. The van der Waals surface area contributed by atoms with Crippen molar-refractivity contribution in [3.05, 3.63) is 94.0 Å². The van der Waals surface area contributed by atoms with Gasteiger partial charge in [0, 0.05) is 18.5 Å². The predicted octanol–water partition coefficient (Wildman–Crippen LogP) is 4.73. The molecule has 1 aliphatic rings. The number of hydrogen-bond donors (Lipinski definition) is 2. The molecule has 1 heterocycles. The minimum atomic E-state index is -0.860. The molecule has 1 unspecified atom stereocenters. The van der Waals surface area contributed by atoms with E-state index in [0.29, 0.717) is 26.9 Å². The van der Waals surface area contributed by atoms with Crippen LogP contribution in [0, 0.1) is 0 Å². The number of aliphatic hydroxyl groups excluding tert-OH is 1. The van der Waals surface area contributed by atoms with Crippen molar-refractivity contribution in [2.24, 2.45) is 5.16 Å². The first-order valence-corrected chi connectivity index (χ1v) is 12.1. The Morgan fingerprint density at radius 1 is 1.06 bits per heavy atom. The molecule has 2 atom stereocenters. The van der Waals surface area contributed by atoms with Crippen LogP contribution in [0.15, 0.2) is 78.0 Å². The second-order valence-corrected chi connectivity index (χ2v) is 9.19. The highest BCUT2D eigenvalue weighted by molar-refractivity contribution is 6.42. The lowest BCUT2D eigenvalue weighted by Gasteiger charge is -2.24. The van der Waals surface area contributed by atoms with E-state index in [1.807, 2.05) is 36.4 Å². The lowest BCUT2D eigenvalue weighted by molar-refractivity contribution is -0.125. The van der Waals surface area contributed by atoms with E-state index in [0.717, 1.165) is 11.1 Å². The highest BCUT2D eigenvalue weighted by Crippen LogP contribution is 2.29. The molecule has 3 aromatic carbocycles. The number of halogens is 2. The van der Waals surface area contributed by atoms with Gasteiger partial charge in [0.25, 0.3) is 5.91 Å². The van der Waals surface area contributed by atoms with Gasteiger partial charge in [-0.05, 0) is 41.0 Å². The summed E-state index contributed by atoms with van der Waals surface area (Å²) >= 11 is 12.1. The van der Waals surface area contributed by atoms with Crippen LogP contribution in [0.4, 0.5) is 0 Å². The molecule has 0 radical (unpaired) electrons. The summed E-state index contributed by atoms with van der Waals surface area (Å²) in [6.45, 7) is 0.191. The first-order valence-electron chi connectivity index (χ1n) is 11.3. The molecule has 0 aliphatic carbocycles. The summed E-state index contributed by atoms with van der Waals surface area (Å²) in [4.78, 5) is 32.8. The Labute approximate surface area is 219 Å². The molecule has 0 bridgehead atoms. The minimum absolute atomic E-state index is 0.0243. The van der Waals surface area contributed by atoms with E-state index < -0.39 is 12.1 Å². The summed E-state index contributed by atoms with van der Waals surface area (Å²) in [6.07, 6.45) is -0.615. The van der Waals surface area contributed by atoms with Crippen molar-refractivity contribution in [3.63, 3.8) is 0 Å². The average Bonchev–Trinajstić information content (AvgIpc) is 3.33. The van der Waals surface area contributed by atoms with Crippen LogP contribution in [0.2, 0.25) is 10.0 Å². The van der Waals surface area contributed by atoms with Crippen molar-refractivity contribution in [1.29, 1.82) is 0 Å². The Bertz CT molecular complexity index is 1270. The third-order valence-electron chi connectivity index (χ3n) is 5.98. The van der Waals surface area contributed by atoms with Crippen molar-refractivity contribution in [2.75, 3.05) is 20.2 Å². The molecule has 186 valence electrons. The first-order chi connectivity index (χ1) is 17.4. The Hall–Kier alpha value is -3.39. The van der Waals surface area contributed by atoms with Gasteiger partial charge < -0.3 is 20.2 Å². The van der Waals surface area contributed by atoms with Gasteiger partial charge >= 0.3 is 0 Å². The van der Waals surface area contributed by atoms with Gasteiger partial charge in [-0.1, -0.05) is 76.9 Å². The molecular weight excluding hydrogens is 501 g/mol. The Balaban J connectivity index is 1.48. The van der Waals surface area contributed by atoms with Crippen molar-refractivity contribution in [1.82, 2.24) is 10.2 Å². The van der Waals surface area contributed by atoms with Crippen molar-refractivity contribution in [2.45, 2.75) is 18.6 Å². The zero-order valence-electron chi connectivity index (χ0n) is 19.5. The van der Waals surface area contributed by atoms with Crippen LogP contribution in [-0.4, -0.2) is 53.8 Å². The second-order valence-electron chi connectivity index (χ2n) is 8.37. The quantitative estimate of drug-likeness (QED) is 0.436. The Morgan fingerprint density at radius 3 is 2.42 bits per heavy atom. The smallest absolute Gasteiger partial charge is 0.254 e. The van der Waals surface area contributed by atoms with Gasteiger partial charge in [-0.2, -0.15) is 0 Å². The van der Waals surface area contributed by atoms with E-state index in [4.69, 9.17) is 28.0 Å². The summed E-state index contributed by atoms with van der Waals surface area (Å²) < 4.78 is 0. The van der Waals surface area contributed by atoms with Gasteiger partial charge in [-0.3, -0.25) is 9.59 Å². The zero-order chi connectivity index (χ0) is 25.7. The fourth-order valence-electron chi connectivity index (χ4n) is 4.10. The van der Waals surface area contributed by atoms with Gasteiger partial charge in [0.15, 0.2) is 0 Å². The van der Waals surface area contributed by atoms with E-state index in [2.05, 4.69) is 10.5 Å². The zero-order valence-corrected chi connectivity index (χ0v) is 21.0. The molecule has 1 fully saturated rings. The topological polar surface area (TPSA) is 91.2 Å². The lowest BCUT2D eigenvalue weighted by atomic mass is 10.0. The predicted molar refractivity (Wildman–Crippen MR) is 140 cm³/mol. The van der Waals surface area contributed by atoms with Crippen LogP contribution in [-0.2, 0) is 9.63 Å². The van der Waals surface area contributed by atoms with Gasteiger partial charge in [0.2, 0.25) is 5.91 Å². The maximum absolute atomic E-state index is 13.4. The van der Waals surface area contributed by atoms with Crippen LogP contribution >= 0.6 is 23.2 Å². The Morgan fingerprint density at radius 2 is 1.75 bits per heavy atom. The summed E-state index contributed by atoms with van der Waals surface area (Å²) in [5, 5.41) is 18.0. The van der Waals surface area contributed by atoms with E-state index in [9.17, 15) is 14.7 Å². The van der Waals surface area contributed by atoms with Crippen molar-refractivity contribution < 1.29 is 19.5 Å². The summed E-state index contributed by atoms with van der Waals surface area (Å²) in [5.74, 6) is -0.673. The van der Waals surface area contributed by atoms with Crippen molar-refractivity contribution >= 4 is 40.7 Å². The molecule has 3 aromatic rings. The standard InChI is InChI=1S/C27H25Cl2N3O4/c1-36-31-21-14-24(26(34)30-15-25(33)18-5-3-2-4-6-18)32(16-21)27(35)19-9-7-17(8-10-19)20-11-12-22(28)23(29)13-20/h2-13,24-25,33H,14-16H2,1H3,(H,30,34)/b31-21-/t24-,25?/m0/s1. The van der Waals surface area contributed by atoms with Crippen molar-refractivity contribution in [3.8, 4) is 11.1 Å². The Kier molecular flexibility index (Phi) is 8.25. The molecule has 1 saturated heterocycles. The van der Waals surface area contributed by atoms with Gasteiger partial charge in [0.1, 0.15) is 13.2 Å².